The summed E-state index contributed by atoms with van der Waals surface area (Å²) in [4.78, 5) is 24.1. The van der Waals surface area contributed by atoms with Crippen LogP contribution in [0.1, 0.15) is 16.1 Å². The standard InChI is InChI=1S/C20H13F7N2O6S/c1-36(34,35)11-3-4-12-9(6-11)8-29(17(31)32)15(12)16(30)28-14-5-2-10(7-13(14)21)18(33,19(22,23)24)20(25,26)27/h2-8,33H,1H3,(H,28,30)(H,31,32). The first-order valence-electron chi connectivity index (χ1n) is 9.34. The van der Waals surface area contributed by atoms with Crippen molar-refractivity contribution >= 4 is 38.3 Å². The maximum Gasteiger partial charge on any atom is 0.430 e. The first-order chi connectivity index (χ1) is 16.3. The van der Waals surface area contributed by atoms with Crippen LogP contribution >= 0.6 is 0 Å². The van der Waals surface area contributed by atoms with Crippen molar-refractivity contribution in [3.05, 3.63) is 59.7 Å². The normalized spacial score (nSPS) is 13.1. The number of amides is 1. The van der Waals surface area contributed by atoms with E-state index in [-0.39, 0.29) is 27.8 Å². The van der Waals surface area contributed by atoms with Crippen molar-refractivity contribution in [2.24, 2.45) is 0 Å². The number of aromatic nitrogens is 1. The molecule has 0 aliphatic heterocycles. The van der Waals surface area contributed by atoms with E-state index in [1.165, 1.54) is 0 Å². The molecule has 3 aromatic rings. The first-order valence-corrected chi connectivity index (χ1v) is 11.2. The molecule has 1 amide bonds. The van der Waals surface area contributed by atoms with E-state index in [2.05, 4.69) is 0 Å². The second kappa shape index (κ2) is 8.48. The van der Waals surface area contributed by atoms with Gasteiger partial charge < -0.3 is 15.5 Å². The molecule has 3 rings (SSSR count). The fourth-order valence-electron chi connectivity index (χ4n) is 3.32. The monoisotopic (exact) mass is 542 g/mol. The van der Waals surface area contributed by atoms with Crippen LogP contribution in [0.15, 0.2) is 47.5 Å². The lowest BCUT2D eigenvalue weighted by Gasteiger charge is -2.32. The van der Waals surface area contributed by atoms with Gasteiger partial charge in [0.05, 0.1) is 10.6 Å². The molecular formula is C20H13F7N2O6S. The van der Waals surface area contributed by atoms with Crippen LogP contribution < -0.4 is 5.32 Å². The number of carboxylic acid groups (broad SMARTS) is 1. The van der Waals surface area contributed by atoms with Gasteiger partial charge in [-0.05, 0) is 24.3 Å². The quantitative estimate of drug-likeness (QED) is 0.423. The lowest BCUT2D eigenvalue weighted by molar-refractivity contribution is -0.376. The van der Waals surface area contributed by atoms with Crippen molar-refractivity contribution in [3.8, 4) is 0 Å². The second-order valence-electron chi connectivity index (χ2n) is 7.51. The van der Waals surface area contributed by atoms with E-state index in [9.17, 15) is 59.0 Å². The Balaban J connectivity index is 2.06. The minimum absolute atomic E-state index is 0.0262. The number of sulfone groups is 1. The van der Waals surface area contributed by atoms with E-state index in [0.717, 1.165) is 30.7 Å². The Morgan fingerprint density at radius 3 is 2.03 bits per heavy atom. The predicted octanol–water partition coefficient (Wildman–Crippen LogP) is 4.27. The SMILES string of the molecule is CS(=O)(=O)c1ccc2c(C(=O)Nc3ccc(C(O)(C(F)(F)F)C(F)(F)F)cc3F)n(C(=O)O)cc2c1. The molecular weight excluding hydrogens is 529 g/mol. The summed E-state index contributed by atoms with van der Waals surface area (Å²) in [7, 11) is -3.72. The fourth-order valence-corrected chi connectivity index (χ4v) is 3.98. The number of alkyl halides is 6. The van der Waals surface area contributed by atoms with Gasteiger partial charge in [0, 0.05) is 28.8 Å². The molecule has 1 heterocycles. The van der Waals surface area contributed by atoms with Crippen molar-refractivity contribution in [2.75, 3.05) is 11.6 Å². The van der Waals surface area contributed by atoms with Gasteiger partial charge in [-0.2, -0.15) is 26.3 Å². The molecule has 8 nitrogen and oxygen atoms in total. The third-order valence-electron chi connectivity index (χ3n) is 5.09. The summed E-state index contributed by atoms with van der Waals surface area (Å²) < 4.78 is 116. The molecule has 16 heteroatoms. The molecule has 194 valence electrons. The molecule has 0 aliphatic carbocycles. The second-order valence-corrected chi connectivity index (χ2v) is 9.52. The van der Waals surface area contributed by atoms with Crippen molar-refractivity contribution in [1.82, 2.24) is 4.57 Å². The predicted molar refractivity (Wildman–Crippen MR) is 109 cm³/mol. The highest BCUT2D eigenvalue weighted by Gasteiger charge is 2.71. The zero-order valence-corrected chi connectivity index (χ0v) is 18.4. The van der Waals surface area contributed by atoms with Gasteiger partial charge in [0.2, 0.25) is 0 Å². The van der Waals surface area contributed by atoms with Crippen LogP contribution in [0.2, 0.25) is 0 Å². The molecule has 36 heavy (non-hydrogen) atoms. The number of carbonyl (C=O) groups is 2. The average molecular weight is 542 g/mol. The van der Waals surface area contributed by atoms with Gasteiger partial charge >= 0.3 is 18.4 Å². The van der Waals surface area contributed by atoms with Crippen molar-refractivity contribution in [2.45, 2.75) is 22.8 Å². The van der Waals surface area contributed by atoms with E-state index in [0.29, 0.717) is 10.6 Å². The Morgan fingerprint density at radius 1 is 0.972 bits per heavy atom. The largest absolute Gasteiger partial charge is 0.464 e. The highest BCUT2D eigenvalue weighted by molar-refractivity contribution is 7.90. The van der Waals surface area contributed by atoms with Gasteiger partial charge in [-0.1, -0.05) is 12.1 Å². The van der Waals surface area contributed by atoms with Gasteiger partial charge in [0.15, 0.2) is 9.84 Å². The molecule has 0 spiro atoms. The Labute approximate surface area is 196 Å². The summed E-state index contributed by atoms with van der Waals surface area (Å²) in [5, 5.41) is 20.5. The Kier molecular flexibility index (Phi) is 6.34. The third kappa shape index (κ3) is 4.48. The third-order valence-corrected chi connectivity index (χ3v) is 6.20. The van der Waals surface area contributed by atoms with E-state index in [1.807, 2.05) is 5.32 Å². The number of benzene rings is 2. The number of fused-ring (bicyclic) bond motifs is 1. The van der Waals surface area contributed by atoms with E-state index >= 15 is 0 Å². The molecule has 0 saturated heterocycles. The minimum Gasteiger partial charge on any atom is -0.464 e. The number of nitrogens with one attached hydrogen (secondary N) is 1. The molecule has 1 aromatic heterocycles. The Hall–Kier alpha value is -3.66. The summed E-state index contributed by atoms with van der Waals surface area (Å²) >= 11 is 0. The summed E-state index contributed by atoms with van der Waals surface area (Å²) in [6.07, 6.45) is -12.5. The van der Waals surface area contributed by atoms with Gasteiger partial charge in [-0.3, -0.25) is 4.79 Å². The Bertz CT molecular complexity index is 1480. The molecule has 0 unspecified atom stereocenters. The summed E-state index contributed by atoms with van der Waals surface area (Å²) in [5.41, 5.74) is -8.90. The molecule has 0 fully saturated rings. The van der Waals surface area contributed by atoms with Crippen LogP contribution in [0.5, 0.6) is 0 Å². The summed E-state index contributed by atoms with van der Waals surface area (Å²) in [5.74, 6) is -3.14. The number of nitrogens with zero attached hydrogens (tertiary/aromatic N) is 1. The Morgan fingerprint density at radius 2 is 1.56 bits per heavy atom. The van der Waals surface area contributed by atoms with Crippen LogP contribution in [0.3, 0.4) is 0 Å². The topological polar surface area (TPSA) is 126 Å². The molecule has 3 N–H and O–H groups in total. The van der Waals surface area contributed by atoms with Gasteiger partial charge in [-0.25, -0.2) is 22.2 Å². The number of rotatable bonds is 4. The highest BCUT2D eigenvalue weighted by Crippen LogP contribution is 2.50. The molecule has 0 atom stereocenters. The van der Waals surface area contributed by atoms with Crippen LogP contribution in [0.4, 0.5) is 41.2 Å². The van der Waals surface area contributed by atoms with Crippen molar-refractivity contribution in [1.29, 1.82) is 0 Å². The molecule has 0 bridgehead atoms. The highest BCUT2D eigenvalue weighted by atomic mass is 32.2. The lowest BCUT2D eigenvalue weighted by Crippen LogP contribution is -2.54. The molecule has 0 radical (unpaired) electrons. The lowest BCUT2D eigenvalue weighted by atomic mass is 9.92. The van der Waals surface area contributed by atoms with Crippen molar-refractivity contribution < 1.29 is 59.0 Å². The zero-order valence-electron chi connectivity index (χ0n) is 17.6. The van der Waals surface area contributed by atoms with Gasteiger partial charge in [0.1, 0.15) is 11.5 Å². The number of halogens is 7. The minimum atomic E-state index is -6.27. The van der Waals surface area contributed by atoms with E-state index < -0.39 is 62.6 Å². The zero-order chi connectivity index (χ0) is 27.4. The van der Waals surface area contributed by atoms with E-state index in [1.54, 1.807) is 0 Å². The molecule has 0 aliphatic rings. The summed E-state index contributed by atoms with van der Waals surface area (Å²) in [6.45, 7) is 0. The summed E-state index contributed by atoms with van der Waals surface area (Å²) in [6, 6.07) is 3.35. The maximum absolute atomic E-state index is 14.5. The number of aliphatic hydroxyl groups is 1. The van der Waals surface area contributed by atoms with Crippen LogP contribution in [-0.4, -0.2) is 53.8 Å². The average Bonchev–Trinajstić information content (AvgIpc) is 3.11. The van der Waals surface area contributed by atoms with Crippen molar-refractivity contribution in [3.63, 3.8) is 0 Å². The van der Waals surface area contributed by atoms with Crippen LogP contribution in [0, 0.1) is 5.82 Å². The fraction of sp³-hybridized carbons (Fsp3) is 0.200. The molecule has 0 saturated carbocycles. The van der Waals surface area contributed by atoms with Crippen LogP contribution in [-0.2, 0) is 15.4 Å². The van der Waals surface area contributed by atoms with Gasteiger partial charge in [-0.15, -0.1) is 0 Å². The number of hydrogen-bond acceptors (Lipinski definition) is 5. The number of hydrogen-bond donors (Lipinski definition) is 3. The van der Waals surface area contributed by atoms with Gasteiger partial charge in [0.25, 0.3) is 11.5 Å². The van der Waals surface area contributed by atoms with Crippen LogP contribution in [0.25, 0.3) is 10.8 Å². The maximum atomic E-state index is 14.5. The molecule has 2 aromatic carbocycles. The first kappa shape index (κ1) is 26.9. The number of carbonyl (C=O) groups excluding carboxylic acids is 1. The van der Waals surface area contributed by atoms with E-state index in [4.69, 9.17) is 0 Å². The smallest absolute Gasteiger partial charge is 0.430 e. The number of anilines is 1.